The number of halogens is 6. The van der Waals surface area contributed by atoms with Gasteiger partial charge in [-0.15, -0.1) is 0 Å². The van der Waals surface area contributed by atoms with E-state index in [1.165, 1.54) is 0 Å². The number of alkyl halides is 6. The number of hydrogen-bond donors (Lipinski definition) is 5. The van der Waals surface area contributed by atoms with E-state index in [0.717, 1.165) is 11.9 Å². The van der Waals surface area contributed by atoms with Gasteiger partial charge in [-0.1, -0.05) is 0 Å². The molecule has 1 aliphatic carbocycles. The Kier molecular flexibility index (Phi) is 7.64. The molecular weight excluding hydrogens is 452 g/mol. The summed E-state index contributed by atoms with van der Waals surface area (Å²) in [6.45, 7) is -0.133. The minimum Gasteiger partial charge on any atom is -0.352 e. The lowest BCUT2D eigenvalue weighted by Crippen LogP contribution is -2.56. The lowest BCUT2D eigenvalue weighted by Gasteiger charge is -2.32. The number of hydrazine groups is 1. The molecule has 0 aromatic rings. The second-order valence-electron chi connectivity index (χ2n) is 8.20. The molecule has 3 aliphatic rings. The van der Waals surface area contributed by atoms with Gasteiger partial charge in [0, 0.05) is 19.1 Å². The summed E-state index contributed by atoms with van der Waals surface area (Å²) < 4.78 is 77.2. The number of piperidine rings is 1. The highest BCUT2D eigenvalue weighted by Crippen LogP contribution is 2.37. The van der Waals surface area contributed by atoms with Gasteiger partial charge in [-0.3, -0.25) is 9.59 Å². The smallest absolute Gasteiger partial charge is 0.352 e. The first-order valence-corrected chi connectivity index (χ1v) is 10.9. The first kappa shape index (κ1) is 24.4. The number of hydrogen-bond acceptors (Lipinski definition) is 6. The summed E-state index contributed by atoms with van der Waals surface area (Å²) in [5.74, 6) is -4.95. The number of carbonyl (C=O) groups is 2. The minimum absolute atomic E-state index is 0.0608. The first-order chi connectivity index (χ1) is 14.4. The van der Waals surface area contributed by atoms with Gasteiger partial charge in [0.05, 0.1) is 17.8 Å². The average Bonchev–Trinajstić information content (AvgIpc) is 3.15. The molecule has 2 saturated heterocycles. The topological polar surface area (TPSA) is 94.3 Å². The standard InChI is InChI=1S/C17H25F6N5O2S/c18-16(19,20)9-1-3-11(4-2-9)25-14(30)12-15(31-28-27-12)26-13(29)8-5-10(7-24-6-8)17(21,22)23/h8-12,15,24,27-28H,1-7H2,(H,25,30)(H,26,29). The Bertz CT molecular complexity index is 656. The highest BCUT2D eigenvalue weighted by molar-refractivity contribution is 7.98. The van der Waals surface area contributed by atoms with Crippen molar-refractivity contribution in [1.29, 1.82) is 0 Å². The fourth-order valence-electron chi connectivity index (χ4n) is 4.13. The van der Waals surface area contributed by atoms with Crippen LogP contribution >= 0.6 is 11.9 Å². The van der Waals surface area contributed by atoms with Gasteiger partial charge in [0.1, 0.15) is 11.4 Å². The SMILES string of the molecule is O=C(NC1SNNC1C(=O)NC1CCC(C(F)(F)F)CC1)C1CNCC(C(F)(F)F)C1. The van der Waals surface area contributed by atoms with Crippen LogP contribution in [-0.2, 0) is 9.59 Å². The summed E-state index contributed by atoms with van der Waals surface area (Å²) in [4.78, 5) is 27.7. The summed E-state index contributed by atoms with van der Waals surface area (Å²) in [7, 11) is 0. The molecule has 0 aromatic heterocycles. The quantitative estimate of drug-likeness (QED) is 0.312. The molecule has 4 atom stereocenters. The Morgan fingerprint density at radius 3 is 2.10 bits per heavy atom. The van der Waals surface area contributed by atoms with Crippen LogP contribution in [0.15, 0.2) is 0 Å². The molecule has 3 fully saturated rings. The van der Waals surface area contributed by atoms with Crippen LogP contribution in [0.25, 0.3) is 0 Å². The molecule has 4 unspecified atom stereocenters. The summed E-state index contributed by atoms with van der Waals surface area (Å²) in [5.41, 5.74) is 2.68. The first-order valence-electron chi connectivity index (χ1n) is 10.1. The van der Waals surface area contributed by atoms with Gasteiger partial charge >= 0.3 is 12.4 Å². The van der Waals surface area contributed by atoms with E-state index in [2.05, 4.69) is 26.2 Å². The minimum atomic E-state index is -4.40. The zero-order chi connectivity index (χ0) is 22.8. The van der Waals surface area contributed by atoms with E-state index in [4.69, 9.17) is 0 Å². The maximum absolute atomic E-state index is 13.0. The second kappa shape index (κ2) is 9.71. The van der Waals surface area contributed by atoms with Crippen molar-refractivity contribution in [2.75, 3.05) is 13.1 Å². The van der Waals surface area contributed by atoms with Crippen LogP contribution < -0.4 is 26.2 Å². The van der Waals surface area contributed by atoms with Crippen molar-refractivity contribution < 1.29 is 35.9 Å². The third-order valence-corrected chi connectivity index (χ3v) is 6.87. The molecule has 3 rings (SSSR count). The van der Waals surface area contributed by atoms with Crippen LogP contribution in [0.4, 0.5) is 26.3 Å². The summed E-state index contributed by atoms with van der Waals surface area (Å²) >= 11 is 0.998. The van der Waals surface area contributed by atoms with Crippen molar-refractivity contribution >= 4 is 23.8 Å². The molecular formula is C17H25F6N5O2S. The van der Waals surface area contributed by atoms with Crippen LogP contribution in [0, 0.1) is 17.8 Å². The average molecular weight is 477 g/mol. The van der Waals surface area contributed by atoms with Crippen molar-refractivity contribution in [3.05, 3.63) is 0 Å². The van der Waals surface area contributed by atoms with Crippen molar-refractivity contribution in [1.82, 2.24) is 26.2 Å². The van der Waals surface area contributed by atoms with Gasteiger partial charge in [-0.2, -0.15) is 31.2 Å². The van der Waals surface area contributed by atoms with Crippen molar-refractivity contribution in [2.45, 2.75) is 61.9 Å². The molecule has 14 heteroatoms. The van der Waals surface area contributed by atoms with Crippen LogP contribution in [0.2, 0.25) is 0 Å². The van der Waals surface area contributed by atoms with Gasteiger partial charge in [-0.05, 0) is 44.1 Å². The van der Waals surface area contributed by atoms with E-state index in [0.29, 0.717) is 0 Å². The molecule has 178 valence electrons. The zero-order valence-corrected chi connectivity index (χ0v) is 17.2. The number of rotatable bonds is 4. The van der Waals surface area contributed by atoms with E-state index in [-0.39, 0.29) is 45.2 Å². The third-order valence-electron chi connectivity index (χ3n) is 5.99. The highest BCUT2D eigenvalue weighted by Gasteiger charge is 2.45. The van der Waals surface area contributed by atoms with E-state index < -0.39 is 59.4 Å². The molecule has 5 N–H and O–H groups in total. The maximum Gasteiger partial charge on any atom is 0.393 e. The van der Waals surface area contributed by atoms with Gasteiger partial charge in [0.25, 0.3) is 0 Å². The molecule has 0 radical (unpaired) electrons. The van der Waals surface area contributed by atoms with E-state index in [1.807, 2.05) is 0 Å². The Balaban J connectivity index is 1.49. The molecule has 2 heterocycles. The van der Waals surface area contributed by atoms with E-state index >= 15 is 0 Å². The molecule has 1 saturated carbocycles. The third kappa shape index (κ3) is 6.39. The summed E-state index contributed by atoms with van der Waals surface area (Å²) in [6.07, 6.45) is -8.69. The van der Waals surface area contributed by atoms with Crippen LogP contribution in [0.3, 0.4) is 0 Å². The molecule has 2 aliphatic heterocycles. The van der Waals surface area contributed by atoms with Gasteiger partial charge < -0.3 is 16.0 Å². The lowest BCUT2D eigenvalue weighted by atomic mass is 9.85. The van der Waals surface area contributed by atoms with Crippen LogP contribution in [0.5, 0.6) is 0 Å². The second-order valence-corrected chi connectivity index (χ2v) is 9.15. The Hall–Kier alpha value is -1.25. The monoisotopic (exact) mass is 477 g/mol. The molecule has 0 bridgehead atoms. The van der Waals surface area contributed by atoms with Gasteiger partial charge in [-0.25, -0.2) is 5.43 Å². The molecule has 0 spiro atoms. The van der Waals surface area contributed by atoms with Crippen molar-refractivity contribution in [3.8, 4) is 0 Å². The summed E-state index contributed by atoms with van der Waals surface area (Å²) in [5, 5.41) is 7.15. The molecule has 2 amide bonds. The van der Waals surface area contributed by atoms with E-state index in [9.17, 15) is 35.9 Å². The van der Waals surface area contributed by atoms with Crippen LogP contribution in [0.1, 0.15) is 32.1 Å². The van der Waals surface area contributed by atoms with Crippen LogP contribution in [-0.4, -0.2) is 54.7 Å². The predicted octanol–water partition coefficient (Wildman–Crippen LogP) is 1.58. The molecule has 0 aromatic carbocycles. The molecule has 31 heavy (non-hydrogen) atoms. The Labute approximate surface area is 179 Å². The van der Waals surface area contributed by atoms with E-state index in [1.54, 1.807) is 0 Å². The zero-order valence-electron chi connectivity index (χ0n) is 16.4. The fraction of sp³-hybridized carbons (Fsp3) is 0.882. The number of nitrogens with one attached hydrogen (secondary N) is 5. The Morgan fingerprint density at radius 1 is 0.839 bits per heavy atom. The maximum atomic E-state index is 13.0. The Morgan fingerprint density at radius 2 is 1.48 bits per heavy atom. The highest BCUT2D eigenvalue weighted by atomic mass is 32.2. The molecule has 7 nitrogen and oxygen atoms in total. The van der Waals surface area contributed by atoms with Gasteiger partial charge in [0.15, 0.2) is 0 Å². The van der Waals surface area contributed by atoms with Crippen molar-refractivity contribution in [2.24, 2.45) is 17.8 Å². The van der Waals surface area contributed by atoms with Crippen molar-refractivity contribution in [3.63, 3.8) is 0 Å². The number of carbonyl (C=O) groups excluding carboxylic acids is 2. The fourth-order valence-corrected chi connectivity index (χ4v) is 4.95. The number of amides is 2. The predicted molar refractivity (Wildman–Crippen MR) is 100 cm³/mol. The lowest BCUT2D eigenvalue weighted by molar-refractivity contribution is -0.183. The normalized spacial score (nSPS) is 34.9. The summed E-state index contributed by atoms with van der Waals surface area (Å²) in [6, 6.07) is -1.31. The van der Waals surface area contributed by atoms with Gasteiger partial charge in [0.2, 0.25) is 11.8 Å². The largest absolute Gasteiger partial charge is 0.393 e.